The number of methoxy groups -OCH3 is 1. The molecule has 0 saturated heterocycles. The van der Waals surface area contributed by atoms with Crippen LogP contribution in [0, 0.1) is 13.8 Å². The molecule has 0 aliphatic carbocycles. The molecule has 1 amide bonds. The van der Waals surface area contributed by atoms with Crippen molar-refractivity contribution in [1.82, 2.24) is 9.88 Å². The van der Waals surface area contributed by atoms with Gasteiger partial charge < -0.3 is 14.6 Å². The summed E-state index contributed by atoms with van der Waals surface area (Å²) in [5, 5.41) is 4.38. The van der Waals surface area contributed by atoms with Gasteiger partial charge in [0.25, 0.3) is 11.5 Å². The number of amides is 1. The molecule has 5 nitrogen and oxygen atoms in total. The van der Waals surface area contributed by atoms with Crippen molar-refractivity contribution in [2.45, 2.75) is 20.4 Å². The number of rotatable bonds is 5. The first-order valence-corrected chi connectivity index (χ1v) is 10.5. The number of fused-ring (bicyclic) bond motifs is 1. The number of aryl methyl sites for hydroxylation is 2. The molecule has 162 valence electrons. The molecule has 0 atom stereocenters. The number of nitrogens with zero attached hydrogens (tertiary/aromatic N) is 1. The van der Waals surface area contributed by atoms with Gasteiger partial charge in [0, 0.05) is 24.5 Å². The SMILES string of the molecule is COc1ccc(CNC(=O)c2c(-c3ccccc3)c3cc(C)c(C)cc3c(=O)n2C)cc1. The predicted molar refractivity (Wildman–Crippen MR) is 128 cm³/mol. The van der Waals surface area contributed by atoms with Gasteiger partial charge in [-0.2, -0.15) is 0 Å². The average molecular weight is 427 g/mol. The second kappa shape index (κ2) is 8.71. The molecule has 0 saturated carbocycles. The fraction of sp³-hybridized carbons (Fsp3) is 0.185. The van der Waals surface area contributed by atoms with E-state index in [9.17, 15) is 9.59 Å². The largest absolute Gasteiger partial charge is 0.497 e. The van der Waals surface area contributed by atoms with Gasteiger partial charge in [-0.15, -0.1) is 0 Å². The molecule has 0 unspecified atom stereocenters. The Labute approximate surface area is 187 Å². The normalized spacial score (nSPS) is 10.9. The van der Waals surface area contributed by atoms with E-state index in [1.807, 2.05) is 80.6 Å². The standard InChI is InChI=1S/C27H26N2O3/c1-17-14-22-23(15-18(17)2)27(31)29(3)25(24(22)20-8-6-5-7-9-20)26(30)28-16-19-10-12-21(32-4)13-11-19/h5-15H,16H2,1-4H3,(H,28,30). The molecule has 1 aromatic heterocycles. The summed E-state index contributed by atoms with van der Waals surface area (Å²) in [7, 11) is 3.27. The van der Waals surface area contributed by atoms with E-state index in [4.69, 9.17) is 4.74 Å². The third-order valence-electron chi connectivity index (χ3n) is 5.90. The molecule has 32 heavy (non-hydrogen) atoms. The third kappa shape index (κ3) is 3.89. The number of ether oxygens (including phenoxy) is 1. The van der Waals surface area contributed by atoms with E-state index in [2.05, 4.69) is 5.32 Å². The van der Waals surface area contributed by atoms with Crippen molar-refractivity contribution >= 4 is 16.7 Å². The van der Waals surface area contributed by atoms with Crippen molar-refractivity contribution in [1.29, 1.82) is 0 Å². The lowest BCUT2D eigenvalue weighted by atomic mass is 9.93. The molecule has 0 fully saturated rings. The maximum absolute atomic E-state index is 13.4. The van der Waals surface area contributed by atoms with Gasteiger partial charge in [0.15, 0.2) is 0 Å². The quantitative estimate of drug-likeness (QED) is 0.501. The van der Waals surface area contributed by atoms with Gasteiger partial charge >= 0.3 is 0 Å². The van der Waals surface area contributed by atoms with E-state index < -0.39 is 0 Å². The Hall–Kier alpha value is -3.86. The number of hydrogen-bond acceptors (Lipinski definition) is 3. The van der Waals surface area contributed by atoms with Crippen molar-refractivity contribution in [2.24, 2.45) is 7.05 Å². The molecule has 1 N–H and O–H groups in total. The molecule has 0 aliphatic heterocycles. The predicted octanol–water partition coefficient (Wildman–Crippen LogP) is 4.76. The zero-order chi connectivity index (χ0) is 22.8. The van der Waals surface area contributed by atoms with E-state index in [0.717, 1.165) is 39.0 Å². The summed E-state index contributed by atoms with van der Waals surface area (Å²) in [5.41, 5.74) is 4.89. The van der Waals surface area contributed by atoms with E-state index in [1.165, 1.54) is 4.57 Å². The summed E-state index contributed by atoms with van der Waals surface area (Å²) >= 11 is 0. The Bertz CT molecular complexity index is 1350. The second-order valence-corrected chi connectivity index (χ2v) is 7.97. The Morgan fingerprint density at radius 3 is 2.19 bits per heavy atom. The van der Waals surface area contributed by atoms with Crippen LogP contribution in [-0.4, -0.2) is 17.6 Å². The first-order chi connectivity index (χ1) is 15.4. The van der Waals surface area contributed by atoms with E-state index in [1.54, 1.807) is 14.2 Å². The fourth-order valence-electron chi connectivity index (χ4n) is 3.95. The van der Waals surface area contributed by atoms with E-state index >= 15 is 0 Å². The highest BCUT2D eigenvalue weighted by Gasteiger charge is 2.22. The van der Waals surface area contributed by atoms with Crippen LogP contribution < -0.4 is 15.6 Å². The maximum atomic E-state index is 13.4. The lowest BCUT2D eigenvalue weighted by molar-refractivity contribution is 0.0942. The number of hydrogen-bond donors (Lipinski definition) is 1. The number of pyridine rings is 1. The molecule has 4 aromatic rings. The van der Waals surface area contributed by atoms with Crippen molar-refractivity contribution in [3.05, 3.63) is 99.5 Å². The van der Waals surface area contributed by atoms with E-state index in [-0.39, 0.29) is 11.5 Å². The molecule has 0 bridgehead atoms. The topological polar surface area (TPSA) is 60.3 Å². The summed E-state index contributed by atoms with van der Waals surface area (Å²) in [6.07, 6.45) is 0. The number of aromatic nitrogens is 1. The first-order valence-electron chi connectivity index (χ1n) is 10.5. The van der Waals surface area contributed by atoms with Crippen LogP contribution in [0.4, 0.5) is 0 Å². The Morgan fingerprint density at radius 1 is 0.938 bits per heavy atom. The number of nitrogens with one attached hydrogen (secondary N) is 1. The highest BCUT2D eigenvalue weighted by Crippen LogP contribution is 2.32. The maximum Gasteiger partial charge on any atom is 0.268 e. The molecule has 0 aliphatic rings. The average Bonchev–Trinajstić information content (AvgIpc) is 2.82. The highest BCUT2D eigenvalue weighted by atomic mass is 16.5. The van der Waals surface area contributed by atoms with Crippen LogP contribution in [0.15, 0.2) is 71.5 Å². The minimum atomic E-state index is -0.292. The summed E-state index contributed by atoms with van der Waals surface area (Å²) in [4.78, 5) is 26.6. The Morgan fingerprint density at radius 2 is 1.56 bits per heavy atom. The van der Waals surface area contributed by atoms with Gasteiger partial charge in [-0.05, 0) is 59.7 Å². The monoisotopic (exact) mass is 426 g/mol. The van der Waals surface area contributed by atoms with Crippen molar-refractivity contribution in [2.75, 3.05) is 7.11 Å². The van der Waals surface area contributed by atoms with Crippen molar-refractivity contribution < 1.29 is 9.53 Å². The summed E-state index contributed by atoms with van der Waals surface area (Å²) in [6.45, 7) is 4.35. The van der Waals surface area contributed by atoms with Gasteiger partial charge in [0.1, 0.15) is 11.4 Å². The van der Waals surface area contributed by atoms with Gasteiger partial charge in [-0.25, -0.2) is 0 Å². The molecule has 4 rings (SSSR count). The van der Waals surface area contributed by atoms with Crippen LogP contribution in [0.3, 0.4) is 0 Å². The molecule has 0 spiro atoms. The molecular formula is C27H26N2O3. The van der Waals surface area contributed by atoms with Gasteiger partial charge in [-0.1, -0.05) is 48.5 Å². The smallest absolute Gasteiger partial charge is 0.268 e. The minimum Gasteiger partial charge on any atom is -0.497 e. The van der Waals surface area contributed by atoms with Crippen LogP contribution in [-0.2, 0) is 13.6 Å². The van der Waals surface area contributed by atoms with Gasteiger partial charge in [0.05, 0.1) is 7.11 Å². The molecular weight excluding hydrogens is 400 g/mol. The zero-order valence-electron chi connectivity index (χ0n) is 18.7. The van der Waals surface area contributed by atoms with E-state index in [0.29, 0.717) is 17.6 Å². The Balaban J connectivity index is 1.85. The minimum absolute atomic E-state index is 0.183. The van der Waals surface area contributed by atoms with Gasteiger partial charge in [0.2, 0.25) is 0 Å². The van der Waals surface area contributed by atoms with Crippen LogP contribution >= 0.6 is 0 Å². The van der Waals surface area contributed by atoms with Crippen LogP contribution in [0.5, 0.6) is 5.75 Å². The van der Waals surface area contributed by atoms with Crippen LogP contribution in [0.2, 0.25) is 0 Å². The van der Waals surface area contributed by atoms with Crippen molar-refractivity contribution in [3.8, 4) is 16.9 Å². The number of benzene rings is 3. The summed E-state index contributed by atoms with van der Waals surface area (Å²) < 4.78 is 6.65. The number of carbonyl (C=O) groups excluding carboxylic acids is 1. The number of carbonyl (C=O) groups is 1. The van der Waals surface area contributed by atoms with Crippen LogP contribution in [0.1, 0.15) is 27.2 Å². The molecule has 3 aromatic carbocycles. The van der Waals surface area contributed by atoms with Crippen molar-refractivity contribution in [3.63, 3.8) is 0 Å². The summed E-state index contributed by atoms with van der Waals surface area (Å²) in [5.74, 6) is 0.466. The summed E-state index contributed by atoms with van der Waals surface area (Å²) in [6, 6.07) is 21.2. The lowest BCUT2D eigenvalue weighted by Gasteiger charge is -2.18. The first kappa shape index (κ1) is 21.4. The van der Waals surface area contributed by atoms with Gasteiger partial charge in [-0.3, -0.25) is 9.59 Å². The third-order valence-corrected chi connectivity index (χ3v) is 5.90. The van der Waals surface area contributed by atoms with Crippen LogP contribution in [0.25, 0.3) is 21.9 Å². The molecule has 1 heterocycles. The Kier molecular flexibility index (Phi) is 5.82. The highest BCUT2D eigenvalue weighted by molar-refractivity contribution is 6.08. The lowest BCUT2D eigenvalue weighted by Crippen LogP contribution is -2.32. The zero-order valence-corrected chi connectivity index (χ0v) is 18.7. The molecule has 5 heteroatoms. The molecule has 0 radical (unpaired) electrons. The second-order valence-electron chi connectivity index (χ2n) is 7.97. The fourth-order valence-corrected chi connectivity index (χ4v) is 3.95.